The van der Waals surface area contributed by atoms with E-state index < -0.39 is 5.97 Å². The van der Waals surface area contributed by atoms with Crippen LogP contribution < -0.4 is 5.32 Å². The predicted molar refractivity (Wildman–Crippen MR) is 104 cm³/mol. The maximum atomic E-state index is 12.9. The number of carbonyl (C=O) groups excluding carboxylic acids is 1. The van der Waals surface area contributed by atoms with E-state index in [2.05, 4.69) is 17.4 Å². The molecule has 134 valence electrons. The number of benzene rings is 3. The van der Waals surface area contributed by atoms with Gasteiger partial charge in [-0.15, -0.1) is 0 Å². The van der Waals surface area contributed by atoms with E-state index in [1.807, 2.05) is 36.4 Å². The Balaban J connectivity index is 1.46. The summed E-state index contributed by atoms with van der Waals surface area (Å²) in [7, 11) is 0. The average Bonchev–Trinajstić information content (AvgIpc) is 3.03. The molecule has 4 nitrogen and oxygen atoms in total. The van der Waals surface area contributed by atoms with Gasteiger partial charge in [-0.2, -0.15) is 0 Å². The van der Waals surface area contributed by atoms with Crippen molar-refractivity contribution >= 4 is 11.9 Å². The summed E-state index contributed by atoms with van der Waals surface area (Å²) in [4.78, 5) is 23.8. The fourth-order valence-corrected chi connectivity index (χ4v) is 3.68. The quantitative estimate of drug-likeness (QED) is 0.729. The molecule has 0 bridgehead atoms. The maximum Gasteiger partial charge on any atom is 0.335 e. The fourth-order valence-electron chi connectivity index (χ4n) is 3.68. The first-order valence-electron chi connectivity index (χ1n) is 8.93. The number of hydrogen-bond acceptors (Lipinski definition) is 2. The van der Waals surface area contributed by atoms with Crippen molar-refractivity contribution in [2.45, 2.75) is 12.3 Å². The minimum absolute atomic E-state index is 0.00504. The predicted octanol–water partition coefficient (Wildman–Crippen LogP) is 3.86. The van der Waals surface area contributed by atoms with E-state index in [0.29, 0.717) is 13.0 Å². The lowest BCUT2D eigenvalue weighted by molar-refractivity contribution is -0.121. The molecule has 0 fully saturated rings. The molecular formula is C23H19NO3. The normalized spacial score (nSPS) is 12.3. The summed E-state index contributed by atoms with van der Waals surface area (Å²) >= 11 is 0. The van der Waals surface area contributed by atoms with Crippen LogP contribution in [0.3, 0.4) is 0 Å². The molecule has 0 saturated carbocycles. The van der Waals surface area contributed by atoms with Crippen molar-refractivity contribution in [1.29, 1.82) is 0 Å². The van der Waals surface area contributed by atoms with E-state index in [9.17, 15) is 9.59 Å². The summed E-state index contributed by atoms with van der Waals surface area (Å²) in [6.07, 6.45) is 0.654. The van der Waals surface area contributed by atoms with Crippen LogP contribution in [-0.2, 0) is 11.2 Å². The minimum atomic E-state index is -0.937. The highest BCUT2D eigenvalue weighted by Gasteiger charge is 2.32. The molecule has 0 unspecified atom stereocenters. The van der Waals surface area contributed by atoms with Crippen molar-refractivity contribution in [3.8, 4) is 11.1 Å². The first-order valence-corrected chi connectivity index (χ1v) is 8.93. The summed E-state index contributed by atoms with van der Waals surface area (Å²) in [5, 5.41) is 12.0. The van der Waals surface area contributed by atoms with Crippen molar-refractivity contribution in [3.63, 3.8) is 0 Å². The third kappa shape index (κ3) is 3.22. The SMILES string of the molecule is O=C(O)c1ccc(CCNC(=O)C2c3ccccc3-c3ccccc32)cc1. The minimum Gasteiger partial charge on any atom is -0.478 e. The highest BCUT2D eigenvalue weighted by atomic mass is 16.4. The van der Waals surface area contributed by atoms with E-state index in [0.717, 1.165) is 27.8 Å². The Labute approximate surface area is 157 Å². The Bertz CT molecular complexity index is 963. The zero-order valence-electron chi connectivity index (χ0n) is 14.7. The third-order valence-electron chi connectivity index (χ3n) is 5.01. The van der Waals surface area contributed by atoms with Gasteiger partial charge in [0.1, 0.15) is 0 Å². The molecule has 27 heavy (non-hydrogen) atoms. The molecule has 2 N–H and O–H groups in total. The first-order chi connectivity index (χ1) is 13.1. The van der Waals surface area contributed by atoms with Gasteiger partial charge in [-0.25, -0.2) is 4.79 Å². The number of aromatic carboxylic acids is 1. The molecule has 1 aliphatic rings. The van der Waals surface area contributed by atoms with E-state index in [4.69, 9.17) is 5.11 Å². The molecule has 0 heterocycles. The highest BCUT2D eigenvalue weighted by molar-refractivity contribution is 5.96. The second-order valence-corrected chi connectivity index (χ2v) is 6.65. The largest absolute Gasteiger partial charge is 0.478 e. The van der Waals surface area contributed by atoms with Gasteiger partial charge in [-0.1, -0.05) is 60.7 Å². The summed E-state index contributed by atoms with van der Waals surface area (Å²) in [6, 6.07) is 22.8. The van der Waals surface area contributed by atoms with Crippen LogP contribution >= 0.6 is 0 Å². The van der Waals surface area contributed by atoms with Gasteiger partial charge in [0.15, 0.2) is 0 Å². The van der Waals surface area contributed by atoms with Crippen molar-refractivity contribution in [3.05, 3.63) is 95.1 Å². The van der Waals surface area contributed by atoms with Gasteiger partial charge >= 0.3 is 5.97 Å². The summed E-state index contributed by atoms with van der Waals surface area (Å²) in [6.45, 7) is 0.506. The Morgan fingerprint density at radius 3 is 1.93 bits per heavy atom. The molecule has 3 aromatic carbocycles. The van der Waals surface area contributed by atoms with Crippen molar-refractivity contribution < 1.29 is 14.7 Å². The number of rotatable bonds is 5. The van der Waals surface area contributed by atoms with Crippen LogP contribution in [0.1, 0.15) is 33.0 Å². The van der Waals surface area contributed by atoms with Crippen molar-refractivity contribution in [2.24, 2.45) is 0 Å². The topological polar surface area (TPSA) is 66.4 Å². The van der Waals surface area contributed by atoms with E-state index in [1.165, 1.54) is 0 Å². The lowest BCUT2D eigenvalue weighted by Crippen LogP contribution is -2.30. The number of amides is 1. The zero-order chi connectivity index (χ0) is 18.8. The Kier molecular flexibility index (Phi) is 4.47. The number of carbonyl (C=O) groups is 2. The molecule has 4 rings (SSSR count). The molecule has 0 atom stereocenters. The standard InChI is InChI=1S/C23H19NO3/c25-22(24-14-13-15-9-11-16(12-10-15)23(26)27)21-19-7-3-1-5-17(19)18-6-2-4-8-20(18)21/h1-12,21H,13-14H2,(H,24,25)(H,26,27). The molecule has 0 saturated heterocycles. The van der Waals surface area contributed by atoms with Crippen LogP contribution in [0, 0.1) is 0 Å². The molecule has 3 aromatic rings. The number of nitrogens with one attached hydrogen (secondary N) is 1. The summed E-state index contributed by atoms with van der Waals surface area (Å²) < 4.78 is 0. The zero-order valence-corrected chi connectivity index (χ0v) is 14.7. The Morgan fingerprint density at radius 2 is 1.37 bits per heavy atom. The van der Waals surface area contributed by atoms with E-state index in [-0.39, 0.29) is 17.4 Å². The number of carboxylic acid groups (broad SMARTS) is 1. The second-order valence-electron chi connectivity index (χ2n) is 6.65. The molecule has 1 aliphatic carbocycles. The smallest absolute Gasteiger partial charge is 0.335 e. The molecule has 0 aromatic heterocycles. The van der Waals surface area contributed by atoms with Crippen LogP contribution in [-0.4, -0.2) is 23.5 Å². The van der Waals surface area contributed by atoms with Gasteiger partial charge in [0.05, 0.1) is 11.5 Å². The van der Waals surface area contributed by atoms with Crippen LogP contribution in [0.5, 0.6) is 0 Å². The Morgan fingerprint density at radius 1 is 0.815 bits per heavy atom. The Hall–Kier alpha value is -3.40. The molecule has 0 radical (unpaired) electrons. The van der Waals surface area contributed by atoms with Crippen LogP contribution in [0.25, 0.3) is 11.1 Å². The average molecular weight is 357 g/mol. The maximum absolute atomic E-state index is 12.9. The van der Waals surface area contributed by atoms with Crippen molar-refractivity contribution in [1.82, 2.24) is 5.32 Å². The fraction of sp³-hybridized carbons (Fsp3) is 0.130. The summed E-state index contributed by atoms with van der Waals surface area (Å²) in [5.41, 5.74) is 5.59. The summed E-state index contributed by atoms with van der Waals surface area (Å²) in [5.74, 6) is -1.23. The lowest BCUT2D eigenvalue weighted by atomic mass is 9.96. The third-order valence-corrected chi connectivity index (χ3v) is 5.01. The number of carboxylic acids is 1. The second kappa shape index (κ2) is 7.08. The van der Waals surface area contributed by atoms with Gasteiger partial charge in [-0.05, 0) is 46.4 Å². The molecule has 0 spiro atoms. The van der Waals surface area contributed by atoms with Gasteiger partial charge in [0.25, 0.3) is 0 Å². The van der Waals surface area contributed by atoms with Gasteiger partial charge in [0.2, 0.25) is 5.91 Å². The van der Waals surface area contributed by atoms with E-state index in [1.54, 1.807) is 24.3 Å². The monoisotopic (exact) mass is 357 g/mol. The van der Waals surface area contributed by atoms with E-state index >= 15 is 0 Å². The van der Waals surface area contributed by atoms with Gasteiger partial charge in [-0.3, -0.25) is 4.79 Å². The van der Waals surface area contributed by atoms with Crippen LogP contribution in [0.2, 0.25) is 0 Å². The number of hydrogen-bond donors (Lipinski definition) is 2. The molecule has 0 aliphatic heterocycles. The molecular weight excluding hydrogens is 338 g/mol. The van der Waals surface area contributed by atoms with Gasteiger partial charge in [0, 0.05) is 6.54 Å². The first kappa shape index (κ1) is 17.0. The van der Waals surface area contributed by atoms with Crippen LogP contribution in [0.4, 0.5) is 0 Å². The van der Waals surface area contributed by atoms with Gasteiger partial charge < -0.3 is 10.4 Å². The van der Waals surface area contributed by atoms with Crippen LogP contribution in [0.15, 0.2) is 72.8 Å². The van der Waals surface area contributed by atoms with Crippen molar-refractivity contribution in [2.75, 3.05) is 6.54 Å². The molecule has 1 amide bonds. The lowest BCUT2D eigenvalue weighted by Gasteiger charge is -2.14. The number of fused-ring (bicyclic) bond motifs is 3. The highest BCUT2D eigenvalue weighted by Crippen LogP contribution is 2.44. The molecule has 4 heteroatoms.